The maximum atomic E-state index is 11.5. The van der Waals surface area contributed by atoms with Gasteiger partial charge in [0.05, 0.1) is 5.52 Å². The van der Waals surface area contributed by atoms with Gasteiger partial charge in [0.25, 0.3) is 0 Å². The maximum Gasteiger partial charge on any atom is 0.178 e. The number of hydrogen-bond donors (Lipinski definition) is 0. The summed E-state index contributed by atoms with van der Waals surface area (Å²) in [6, 6.07) is 7.63. The van der Waals surface area contributed by atoms with Gasteiger partial charge in [-0.15, -0.1) is 0 Å². The van der Waals surface area contributed by atoms with Crippen molar-refractivity contribution in [3.05, 3.63) is 40.5 Å². The van der Waals surface area contributed by atoms with Gasteiger partial charge in [-0.2, -0.15) is 0 Å². The van der Waals surface area contributed by atoms with E-state index < -0.39 is 0 Å². The third-order valence-corrected chi connectivity index (χ3v) is 3.70. The molecule has 0 aliphatic carbocycles. The molecule has 3 rings (SSSR count). The first-order valence-corrected chi connectivity index (χ1v) is 6.43. The average Bonchev–Trinajstić information content (AvgIpc) is 2.63. The van der Waals surface area contributed by atoms with Gasteiger partial charge in [-0.1, -0.05) is 11.6 Å². The number of aromatic nitrogens is 2. The predicted octanol–water partition coefficient (Wildman–Crippen LogP) is 3.89. The lowest BCUT2D eigenvalue weighted by Gasteiger charge is -2.02. The van der Waals surface area contributed by atoms with Crippen LogP contribution in [0.15, 0.2) is 24.3 Å². The highest BCUT2D eigenvalue weighted by Gasteiger charge is 2.14. The number of hydrogen-bond acceptors (Lipinski definition) is 2. The fraction of sp³-hybridized carbons (Fsp3) is 0.200. The molecule has 0 unspecified atom stereocenters. The largest absolute Gasteiger partial charge is 0.328 e. The number of rotatable bonds is 1. The highest BCUT2D eigenvalue weighted by Crippen LogP contribution is 2.31. The van der Waals surface area contributed by atoms with Crippen LogP contribution in [0.3, 0.4) is 0 Å². The van der Waals surface area contributed by atoms with Crippen molar-refractivity contribution in [2.45, 2.75) is 13.8 Å². The first-order valence-electron chi connectivity index (χ1n) is 6.05. The van der Waals surface area contributed by atoms with Crippen LogP contribution in [0, 0.1) is 6.92 Å². The normalized spacial score (nSPS) is 11.4. The zero-order valence-electron chi connectivity index (χ0n) is 11.0. The number of ketones is 1. The Morgan fingerprint density at radius 3 is 2.74 bits per heavy atom. The standard InChI is InChI=1S/C15H13ClN2O/c1-8-6-12(9(2)19)17-15-14(8)11-7-10(16)4-5-13(11)18(15)3/h4-7H,1-3H3. The Balaban J connectivity index is 2.55. The topological polar surface area (TPSA) is 34.9 Å². The lowest BCUT2D eigenvalue weighted by atomic mass is 10.1. The smallest absolute Gasteiger partial charge is 0.178 e. The second-order valence-electron chi connectivity index (χ2n) is 4.80. The van der Waals surface area contributed by atoms with Crippen molar-refractivity contribution in [3.63, 3.8) is 0 Å². The van der Waals surface area contributed by atoms with Crippen molar-refractivity contribution in [2.24, 2.45) is 7.05 Å². The molecule has 0 bridgehead atoms. The fourth-order valence-electron chi connectivity index (χ4n) is 2.53. The highest BCUT2D eigenvalue weighted by atomic mass is 35.5. The molecule has 4 heteroatoms. The van der Waals surface area contributed by atoms with Crippen LogP contribution >= 0.6 is 11.6 Å². The number of pyridine rings is 1. The Bertz CT molecular complexity index is 833. The highest BCUT2D eigenvalue weighted by molar-refractivity contribution is 6.31. The SMILES string of the molecule is CC(=O)c1cc(C)c2c3cc(Cl)ccc3n(C)c2n1. The van der Waals surface area contributed by atoms with Crippen LogP contribution in [-0.2, 0) is 7.05 Å². The molecule has 0 aliphatic heterocycles. The van der Waals surface area contributed by atoms with E-state index in [1.54, 1.807) is 0 Å². The number of carbonyl (C=O) groups excluding carboxylic acids is 1. The van der Waals surface area contributed by atoms with Crippen LogP contribution in [0.1, 0.15) is 23.0 Å². The van der Waals surface area contributed by atoms with Gasteiger partial charge in [-0.3, -0.25) is 4.79 Å². The lowest BCUT2D eigenvalue weighted by molar-refractivity contribution is 0.101. The van der Waals surface area contributed by atoms with E-state index in [0.29, 0.717) is 10.7 Å². The van der Waals surface area contributed by atoms with Gasteiger partial charge >= 0.3 is 0 Å². The van der Waals surface area contributed by atoms with Crippen molar-refractivity contribution in [1.29, 1.82) is 0 Å². The van der Waals surface area contributed by atoms with Crippen molar-refractivity contribution < 1.29 is 4.79 Å². The summed E-state index contributed by atoms with van der Waals surface area (Å²) in [6.07, 6.45) is 0. The molecule has 0 aliphatic rings. The Labute approximate surface area is 115 Å². The summed E-state index contributed by atoms with van der Waals surface area (Å²) in [7, 11) is 1.95. The molecule has 96 valence electrons. The quantitative estimate of drug-likeness (QED) is 0.630. The van der Waals surface area contributed by atoms with E-state index in [4.69, 9.17) is 11.6 Å². The fourth-order valence-corrected chi connectivity index (χ4v) is 2.70. The number of Topliss-reactive ketones (excluding diaryl/α,β-unsaturated/α-hetero) is 1. The van der Waals surface area contributed by atoms with E-state index in [-0.39, 0.29) is 5.78 Å². The Morgan fingerprint density at radius 2 is 2.05 bits per heavy atom. The van der Waals surface area contributed by atoms with Gasteiger partial charge in [-0.25, -0.2) is 4.98 Å². The molecule has 0 amide bonds. The lowest BCUT2D eigenvalue weighted by Crippen LogP contribution is -2.00. The first kappa shape index (κ1) is 12.2. The maximum absolute atomic E-state index is 11.5. The number of aryl methyl sites for hydroxylation is 2. The predicted molar refractivity (Wildman–Crippen MR) is 78.0 cm³/mol. The summed E-state index contributed by atoms with van der Waals surface area (Å²) >= 11 is 6.08. The summed E-state index contributed by atoms with van der Waals surface area (Å²) in [5.41, 5.74) is 3.43. The van der Waals surface area contributed by atoms with E-state index in [1.807, 2.05) is 42.8 Å². The third kappa shape index (κ3) is 1.73. The molecule has 3 aromatic rings. The molecular weight excluding hydrogens is 260 g/mol. The van der Waals surface area contributed by atoms with E-state index in [9.17, 15) is 4.79 Å². The molecule has 3 nitrogen and oxygen atoms in total. The number of fused-ring (bicyclic) bond motifs is 3. The van der Waals surface area contributed by atoms with E-state index >= 15 is 0 Å². The second-order valence-corrected chi connectivity index (χ2v) is 5.24. The van der Waals surface area contributed by atoms with Gasteiger partial charge < -0.3 is 4.57 Å². The van der Waals surface area contributed by atoms with Gasteiger partial charge in [0.2, 0.25) is 0 Å². The number of benzene rings is 1. The average molecular weight is 273 g/mol. The van der Waals surface area contributed by atoms with Crippen molar-refractivity contribution in [2.75, 3.05) is 0 Å². The van der Waals surface area contributed by atoms with E-state index in [2.05, 4.69) is 4.98 Å². The van der Waals surface area contributed by atoms with Crippen LogP contribution < -0.4 is 0 Å². The minimum absolute atomic E-state index is 0.0201. The van der Waals surface area contributed by atoms with Gasteiger partial charge in [0, 0.05) is 29.8 Å². The molecule has 0 N–H and O–H groups in total. The third-order valence-electron chi connectivity index (χ3n) is 3.47. The molecule has 2 aromatic heterocycles. The van der Waals surface area contributed by atoms with Crippen LogP contribution in [0.2, 0.25) is 5.02 Å². The Morgan fingerprint density at radius 1 is 1.32 bits per heavy atom. The van der Waals surface area contributed by atoms with Crippen molar-refractivity contribution in [3.8, 4) is 0 Å². The van der Waals surface area contributed by atoms with Gasteiger partial charge in [0.15, 0.2) is 5.78 Å². The number of nitrogens with zero attached hydrogens (tertiary/aromatic N) is 2. The summed E-state index contributed by atoms with van der Waals surface area (Å²) in [6.45, 7) is 3.53. The van der Waals surface area contributed by atoms with Crippen molar-refractivity contribution in [1.82, 2.24) is 9.55 Å². The minimum atomic E-state index is -0.0201. The van der Waals surface area contributed by atoms with Crippen LogP contribution in [-0.4, -0.2) is 15.3 Å². The number of halogens is 1. The number of carbonyl (C=O) groups is 1. The summed E-state index contributed by atoms with van der Waals surface area (Å²) in [4.78, 5) is 16.0. The molecule has 0 radical (unpaired) electrons. The zero-order valence-corrected chi connectivity index (χ0v) is 11.7. The van der Waals surface area contributed by atoms with Crippen LogP contribution in [0.5, 0.6) is 0 Å². The molecular formula is C15H13ClN2O. The van der Waals surface area contributed by atoms with E-state index in [0.717, 1.165) is 27.5 Å². The zero-order chi connectivity index (χ0) is 13.7. The molecule has 0 saturated heterocycles. The molecule has 2 heterocycles. The molecule has 1 aromatic carbocycles. The molecule has 0 spiro atoms. The first-order chi connectivity index (χ1) is 8.99. The molecule has 0 saturated carbocycles. The van der Waals surface area contributed by atoms with Crippen LogP contribution in [0.4, 0.5) is 0 Å². The molecule has 0 fully saturated rings. The van der Waals surface area contributed by atoms with Gasteiger partial charge in [0.1, 0.15) is 11.3 Å². The Hall–Kier alpha value is -1.87. The van der Waals surface area contributed by atoms with Crippen molar-refractivity contribution >= 4 is 39.3 Å². The second kappa shape index (κ2) is 4.07. The van der Waals surface area contributed by atoms with Gasteiger partial charge in [-0.05, 0) is 36.8 Å². The summed E-state index contributed by atoms with van der Waals surface area (Å²) < 4.78 is 2.00. The summed E-state index contributed by atoms with van der Waals surface area (Å²) in [5, 5.41) is 2.84. The molecule has 19 heavy (non-hydrogen) atoms. The monoisotopic (exact) mass is 272 g/mol. The van der Waals surface area contributed by atoms with Crippen LogP contribution in [0.25, 0.3) is 21.9 Å². The Kier molecular flexibility index (Phi) is 2.61. The summed E-state index contributed by atoms with van der Waals surface area (Å²) in [5.74, 6) is -0.0201. The van der Waals surface area contributed by atoms with E-state index in [1.165, 1.54) is 6.92 Å². The molecule has 0 atom stereocenters. The minimum Gasteiger partial charge on any atom is -0.328 e.